The van der Waals surface area contributed by atoms with Gasteiger partial charge in [0.15, 0.2) is 9.84 Å². The fraction of sp³-hybridized carbons (Fsp3) is 0.143. The first kappa shape index (κ1) is 14.0. The highest BCUT2D eigenvalue weighted by atomic mass is 32.2. The average molecular weight is 319 g/mol. The van der Waals surface area contributed by atoms with Crippen LogP contribution in [0.2, 0.25) is 0 Å². The Kier molecular flexibility index (Phi) is 3.38. The van der Waals surface area contributed by atoms with E-state index in [4.69, 9.17) is 0 Å². The van der Waals surface area contributed by atoms with E-state index in [1.165, 1.54) is 17.6 Å². The van der Waals surface area contributed by atoms with E-state index >= 15 is 0 Å². The van der Waals surface area contributed by atoms with Gasteiger partial charge in [-0.15, -0.1) is 11.3 Å². The Hall–Kier alpha value is -1.99. The number of hydrogen-bond donors (Lipinski definition) is 0. The summed E-state index contributed by atoms with van der Waals surface area (Å²) in [5, 5.41) is 6.91. The number of aromatic nitrogens is 3. The molecule has 0 amide bonds. The van der Waals surface area contributed by atoms with Crippen LogP contribution in [0.25, 0.3) is 21.8 Å². The normalized spacial score (nSPS) is 11.7. The maximum atomic E-state index is 11.6. The molecule has 0 N–H and O–H groups in total. The second-order valence-electron chi connectivity index (χ2n) is 4.74. The summed E-state index contributed by atoms with van der Waals surface area (Å²) in [5.74, 6) is 0. The molecule has 0 radical (unpaired) electrons. The lowest BCUT2D eigenvalue weighted by molar-refractivity contribution is 0.602. The van der Waals surface area contributed by atoms with Crippen LogP contribution >= 0.6 is 11.3 Å². The summed E-state index contributed by atoms with van der Waals surface area (Å²) in [7, 11) is -1.36. The molecule has 5 nitrogen and oxygen atoms in total. The quantitative estimate of drug-likeness (QED) is 0.744. The maximum absolute atomic E-state index is 11.6. The van der Waals surface area contributed by atoms with Crippen molar-refractivity contribution in [3.8, 4) is 21.8 Å². The molecule has 0 aliphatic carbocycles. The molecule has 7 heteroatoms. The lowest BCUT2D eigenvalue weighted by Crippen LogP contribution is -1.96. The van der Waals surface area contributed by atoms with E-state index in [1.54, 1.807) is 29.1 Å². The summed E-state index contributed by atoms with van der Waals surface area (Å²) in [6.45, 7) is 0. The van der Waals surface area contributed by atoms with Crippen LogP contribution in [0, 0.1) is 0 Å². The smallest absolute Gasteiger partial charge is 0.175 e. The molecule has 0 saturated carbocycles. The van der Waals surface area contributed by atoms with Gasteiger partial charge in [-0.1, -0.05) is 12.1 Å². The van der Waals surface area contributed by atoms with Gasteiger partial charge in [0, 0.05) is 36.0 Å². The van der Waals surface area contributed by atoms with E-state index in [-0.39, 0.29) is 0 Å². The van der Waals surface area contributed by atoms with Gasteiger partial charge in [0.05, 0.1) is 16.8 Å². The van der Waals surface area contributed by atoms with Crippen molar-refractivity contribution in [1.82, 2.24) is 14.8 Å². The number of thiazole rings is 1. The topological polar surface area (TPSA) is 64.8 Å². The zero-order valence-electron chi connectivity index (χ0n) is 11.5. The minimum Gasteiger partial charge on any atom is -0.275 e. The van der Waals surface area contributed by atoms with Crippen molar-refractivity contribution in [3.05, 3.63) is 42.0 Å². The summed E-state index contributed by atoms with van der Waals surface area (Å²) < 4.78 is 25.0. The van der Waals surface area contributed by atoms with Gasteiger partial charge in [-0.2, -0.15) is 5.10 Å². The lowest BCUT2D eigenvalue weighted by atomic mass is 10.2. The molecule has 3 rings (SSSR count). The third-order valence-corrected chi connectivity index (χ3v) is 5.02. The monoisotopic (exact) mass is 319 g/mol. The van der Waals surface area contributed by atoms with Crippen molar-refractivity contribution in [2.45, 2.75) is 4.90 Å². The molecule has 0 spiro atoms. The first-order valence-electron chi connectivity index (χ1n) is 6.18. The minimum atomic E-state index is -3.21. The van der Waals surface area contributed by atoms with Gasteiger partial charge >= 0.3 is 0 Å². The van der Waals surface area contributed by atoms with Crippen molar-refractivity contribution in [3.63, 3.8) is 0 Å². The van der Waals surface area contributed by atoms with E-state index in [1.807, 2.05) is 24.7 Å². The molecule has 0 unspecified atom stereocenters. The first-order chi connectivity index (χ1) is 9.93. The van der Waals surface area contributed by atoms with E-state index in [9.17, 15) is 8.42 Å². The van der Waals surface area contributed by atoms with Gasteiger partial charge in [0.25, 0.3) is 0 Å². The first-order valence-corrected chi connectivity index (χ1v) is 8.95. The molecule has 0 atom stereocenters. The number of benzene rings is 1. The van der Waals surface area contributed by atoms with Crippen LogP contribution in [0.5, 0.6) is 0 Å². The summed E-state index contributed by atoms with van der Waals surface area (Å²) in [6.07, 6.45) is 4.86. The zero-order chi connectivity index (χ0) is 15.0. The Labute approximate surface area is 126 Å². The molecule has 108 valence electrons. The van der Waals surface area contributed by atoms with Crippen molar-refractivity contribution < 1.29 is 8.42 Å². The van der Waals surface area contributed by atoms with Gasteiger partial charge in [0.1, 0.15) is 5.01 Å². The molecule has 0 fully saturated rings. The Morgan fingerprint density at radius 2 is 2.05 bits per heavy atom. The standard InChI is InChI=1S/C14H13N3O2S2/c1-17-8-11(7-15-17)14-16-13(9-20-14)10-4-3-5-12(6-10)21(2,18)19/h3-9H,1-2H3. The van der Waals surface area contributed by atoms with E-state index in [0.717, 1.165) is 21.8 Å². The number of aryl methyl sites for hydroxylation is 1. The van der Waals surface area contributed by atoms with Crippen LogP contribution in [0.3, 0.4) is 0 Å². The molecule has 0 bridgehead atoms. The second-order valence-corrected chi connectivity index (χ2v) is 7.61. The van der Waals surface area contributed by atoms with E-state index < -0.39 is 9.84 Å². The van der Waals surface area contributed by atoms with Crippen LogP contribution in [0.15, 0.2) is 46.9 Å². The number of sulfone groups is 1. The largest absolute Gasteiger partial charge is 0.275 e. The van der Waals surface area contributed by atoms with Crippen molar-refractivity contribution in [1.29, 1.82) is 0 Å². The zero-order valence-corrected chi connectivity index (χ0v) is 13.1. The molecule has 2 heterocycles. The minimum absolute atomic E-state index is 0.302. The Morgan fingerprint density at radius 1 is 1.24 bits per heavy atom. The van der Waals surface area contributed by atoms with Crippen LogP contribution in [-0.2, 0) is 16.9 Å². The van der Waals surface area contributed by atoms with Gasteiger partial charge in [-0.25, -0.2) is 13.4 Å². The van der Waals surface area contributed by atoms with Gasteiger partial charge in [-0.3, -0.25) is 4.68 Å². The highest BCUT2D eigenvalue weighted by Crippen LogP contribution is 2.29. The van der Waals surface area contributed by atoms with Crippen molar-refractivity contribution >= 4 is 21.2 Å². The summed E-state index contributed by atoms with van der Waals surface area (Å²) in [6, 6.07) is 6.83. The van der Waals surface area contributed by atoms with Gasteiger partial charge in [0.2, 0.25) is 0 Å². The summed E-state index contributed by atoms with van der Waals surface area (Å²) >= 11 is 1.51. The van der Waals surface area contributed by atoms with E-state index in [2.05, 4.69) is 10.1 Å². The van der Waals surface area contributed by atoms with Gasteiger partial charge in [-0.05, 0) is 12.1 Å². The average Bonchev–Trinajstić information content (AvgIpc) is 3.06. The Morgan fingerprint density at radius 3 is 2.71 bits per heavy atom. The SMILES string of the molecule is Cn1cc(-c2nc(-c3cccc(S(C)(=O)=O)c3)cs2)cn1. The highest BCUT2D eigenvalue weighted by molar-refractivity contribution is 7.90. The predicted octanol–water partition coefficient (Wildman–Crippen LogP) is 2.61. The number of hydrogen-bond acceptors (Lipinski definition) is 5. The highest BCUT2D eigenvalue weighted by Gasteiger charge is 2.11. The van der Waals surface area contributed by atoms with Crippen molar-refractivity contribution in [2.75, 3.05) is 6.26 Å². The third-order valence-electron chi connectivity index (χ3n) is 3.01. The molecule has 21 heavy (non-hydrogen) atoms. The Bertz CT molecular complexity index is 894. The van der Waals surface area contributed by atoms with Crippen LogP contribution in [-0.4, -0.2) is 29.4 Å². The third kappa shape index (κ3) is 2.88. The fourth-order valence-electron chi connectivity index (χ4n) is 1.96. The van der Waals surface area contributed by atoms with Crippen LogP contribution < -0.4 is 0 Å². The predicted molar refractivity (Wildman–Crippen MR) is 82.9 cm³/mol. The maximum Gasteiger partial charge on any atom is 0.175 e. The van der Waals surface area contributed by atoms with Crippen molar-refractivity contribution in [2.24, 2.45) is 7.05 Å². The lowest BCUT2D eigenvalue weighted by Gasteiger charge is -2.01. The molecule has 0 saturated heterocycles. The summed E-state index contributed by atoms with van der Waals surface area (Å²) in [4.78, 5) is 4.86. The molecule has 2 aromatic heterocycles. The molecule has 0 aliphatic heterocycles. The molecule has 1 aromatic carbocycles. The van der Waals surface area contributed by atoms with Gasteiger partial charge < -0.3 is 0 Å². The molecular formula is C14H13N3O2S2. The van der Waals surface area contributed by atoms with E-state index in [0.29, 0.717) is 4.90 Å². The second kappa shape index (κ2) is 5.09. The number of rotatable bonds is 3. The summed E-state index contributed by atoms with van der Waals surface area (Å²) in [5.41, 5.74) is 2.52. The number of nitrogens with zero attached hydrogens (tertiary/aromatic N) is 3. The molecule has 0 aliphatic rings. The van der Waals surface area contributed by atoms with Crippen LogP contribution in [0.1, 0.15) is 0 Å². The molecular weight excluding hydrogens is 306 g/mol. The fourth-order valence-corrected chi connectivity index (χ4v) is 3.43. The Balaban J connectivity index is 2.01. The van der Waals surface area contributed by atoms with Crippen LogP contribution in [0.4, 0.5) is 0 Å². The molecule has 3 aromatic rings.